The van der Waals surface area contributed by atoms with Crippen molar-refractivity contribution in [1.29, 1.82) is 0 Å². The first-order valence-corrected chi connectivity index (χ1v) is 5.04. The zero-order chi connectivity index (χ0) is 10.8. The minimum atomic E-state index is -0.0938. The van der Waals surface area contributed by atoms with Crippen LogP contribution in [-0.4, -0.2) is 5.11 Å². The maximum atomic E-state index is 8.88. The number of aliphatic hydroxyl groups excluding tert-OH is 1. The van der Waals surface area contributed by atoms with E-state index in [1.165, 1.54) is 0 Å². The van der Waals surface area contributed by atoms with Gasteiger partial charge in [0.05, 0.1) is 5.02 Å². The van der Waals surface area contributed by atoms with Crippen LogP contribution in [-0.2, 0) is 6.61 Å². The maximum Gasteiger partial charge on any atom is 0.135 e. The van der Waals surface area contributed by atoms with Crippen LogP contribution in [0.15, 0.2) is 34.7 Å². The molecular weight excluding hydrogens is 212 g/mol. The first-order valence-electron chi connectivity index (χ1n) is 4.67. The Morgan fingerprint density at radius 3 is 2.67 bits per heavy atom. The van der Waals surface area contributed by atoms with Crippen molar-refractivity contribution in [1.82, 2.24) is 0 Å². The largest absolute Gasteiger partial charge is 0.459 e. The summed E-state index contributed by atoms with van der Waals surface area (Å²) in [5.41, 5.74) is 1.96. The van der Waals surface area contributed by atoms with E-state index in [2.05, 4.69) is 0 Å². The second-order valence-corrected chi connectivity index (χ2v) is 3.81. The molecule has 78 valence electrons. The summed E-state index contributed by atoms with van der Waals surface area (Å²) in [7, 11) is 0. The Labute approximate surface area is 93.1 Å². The summed E-state index contributed by atoms with van der Waals surface area (Å²) in [6.45, 7) is 1.89. The van der Waals surface area contributed by atoms with Crippen LogP contribution in [0.5, 0.6) is 0 Å². The molecule has 0 saturated carbocycles. The van der Waals surface area contributed by atoms with E-state index in [0.717, 1.165) is 11.1 Å². The van der Waals surface area contributed by atoms with E-state index in [4.69, 9.17) is 21.1 Å². The normalized spacial score (nSPS) is 10.6. The van der Waals surface area contributed by atoms with Crippen molar-refractivity contribution < 1.29 is 9.52 Å². The monoisotopic (exact) mass is 222 g/mol. The van der Waals surface area contributed by atoms with Crippen LogP contribution in [0.3, 0.4) is 0 Å². The standard InChI is InChI=1S/C12H11ClO2/c1-8-2-4-10(11(13)6-8)12-5-3-9(7-14)15-12/h2-6,14H,7H2,1H3. The van der Waals surface area contributed by atoms with Crippen LogP contribution in [0.4, 0.5) is 0 Å². The molecule has 0 atom stereocenters. The molecule has 2 rings (SSSR count). The summed E-state index contributed by atoms with van der Waals surface area (Å²) in [5.74, 6) is 1.23. The number of halogens is 1. The molecule has 0 aliphatic carbocycles. The number of rotatable bonds is 2. The van der Waals surface area contributed by atoms with Gasteiger partial charge in [-0.3, -0.25) is 0 Å². The summed E-state index contributed by atoms with van der Waals surface area (Å²) in [6, 6.07) is 9.33. The summed E-state index contributed by atoms with van der Waals surface area (Å²) in [4.78, 5) is 0. The fourth-order valence-corrected chi connectivity index (χ4v) is 1.76. The van der Waals surface area contributed by atoms with Crippen LogP contribution >= 0.6 is 11.6 Å². The quantitative estimate of drug-likeness (QED) is 0.845. The molecular formula is C12H11ClO2. The zero-order valence-corrected chi connectivity index (χ0v) is 9.08. The molecule has 0 radical (unpaired) electrons. The highest BCUT2D eigenvalue weighted by Gasteiger charge is 2.07. The SMILES string of the molecule is Cc1ccc(-c2ccc(CO)o2)c(Cl)c1. The molecule has 0 saturated heterocycles. The van der Waals surface area contributed by atoms with Gasteiger partial charge in [-0.1, -0.05) is 17.7 Å². The van der Waals surface area contributed by atoms with Crippen LogP contribution in [0.2, 0.25) is 5.02 Å². The lowest BCUT2D eigenvalue weighted by molar-refractivity contribution is 0.248. The highest BCUT2D eigenvalue weighted by atomic mass is 35.5. The molecule has 1 N–H and O–H groups in total. The molecule has 2 aromatic rings. The van der Waals surface area contributed by atoms with Crippen molar-refractivity contribution in [3.63, 3.8) is 0 Å². The predicted octanol–water partition coefficient (Wildman–Crippen LogP) is 3.40. The molecule has 3 heteroatoms. The molecule has 2 nitrogen and oxygen atoms in total. The highest BCUT2D eigenvalue weighted by Crippen LogP contribution is 2.29. The van der Waals surface area contributed by atoms with E-state index >= 15 is 0 Å². The third-order valence-corrected chi connectivity index (χ3v) is 2.52. The first kappa shape index (κ1) is 10.3. The fraction of sp³-hybridized carbons (Fsp3) is 0.167. The van der Waals surface area contributed by atoms with E-state index < -0.39 is 0 Å². The van der Waals surface area contributed by atoms with Crippen molar-refractivity contribution >= 4 is 11.6 Å². The first-order chi connectivity index (χ1) is 7.20. The maximum absolute atomic E-state index is 8.88. The Kier molecular flexibility index (Phi) is 2.80. The van der Waals surface area contributed by atoms with Crippen molar-refractivity contribution in [3.8, 4) is 11.3 Å². The summed E-state index contributed by atoms with van der Waals surface area (Å²) in [6.07, 6.45) is 0. The van der Waals surface area contributed by atoms with Crippen molar-refractivity contribution in [2.24, 2.45) is 0 Å². The smallest absolute Gasteiger partial charge is 0.135 e. The average molecular weight is 223 g/mol. The predicted molar refractivity (Wildman–Crippen MR) is 59.8 cm³/mol. The number of furan rings is 1. The molecule has 15 heavy (non-hydrogen) atoms. The van der Waals surface area contributed by atoms with E-state index in [0.29, 0.717) is 16.5 Å². The average Bonchev–Trinajstić information content (AvgIpc) is 2.66. The second kappa shape index (κ2) is 4.09. The third-order valence-electron chi connectivity index (χ3n) is 2.21. The number of hydrogen-bond donors (Lipinski definition) is 1. The molecule has 1 heterocycles. The van der Waals surface area contributed by atoms with Gasteiger partial charge in [-0.2, -0.15) is 0 Å². The van der Waals surface area contributed by atoms with Crippen LogP contribution in [0.25, 0.3) is 11.3 Å². The lowest BCUT2D eigenvalue weighted by Crippen LogP contribution is -1.79. The van der Waals surface area contributed by atoms with E-state index in [9.17, 15) is 0 Å². The molecule has 0 spiro atoms. The van der Waals surface area contributed by atoms with Crippen LogP contribution in [0.1, 0.15) is 11.3 Å². The minimum absolute atomic E-state index is 0.0938. The van der Waals surface area contributed by atoms with E-state index in [1.807, 2.05) is 31.2 Å². The number of benzene rings is 1. The number of hydrogen-bond acceptors (Lipinski definition) is 2. The third kappa shape index (κ3) is 2.06. The van der Waals surface area contributed by atoms with Gasteiger partial charge in [-0.05, 0) is 36.8 Å². The van der Waals surface area contributed by atoms with Gasteiger partial charge in [0.2, 0.25) is 0 Å². The Balaban J connectivity index is 2.44. The molecule has 0 bridgehead atoms. The van der Waals surface area contributed by atoms with Gasteiger partial charge in [-0.25, -0.2) is 0 Å². The summed E-state index contributed by atoms with van der Waals surface area (Å²) in [5, 5.41) is 9.55. The van der Waals surface area contributed by atoms with Gasteiger partial charge in [0.15, 0.2) is 0 Å². The van der Waals surface area contributed by atoms with Gasteiger partial charge in [0.1, 0.15) is 18.1 Å². The van der Waals surface area contributed by atoms with E-state index in [1.54, 1.807) is 6.07 Å². The van der Waals surface area contributed by atoms with Gasteiger partial charge in [-0.15, -0.1) is 0 Å². The Morgan fingerprint density at radius 2 is 2.07 bits per heavy atom. The Hall–Kier alpha value is -1.25. The second-order valence-electron chi connectivity index (χ2n) is 3.41. The fourth-order valence-electron chi connectivity index (χ4n) is 1.43. The minimum Gasteiger partial charge on any atom is -0.459 e. The molecule has 1 aromatic heterocycles. The van der Waals surface area contributed by atoms with Gasteiger partial charge in [0, 0.05) is 5.56 Å². The molecule has 0 fully saturated rings. The molecule has 0 amide bonds. The number of aliphatic hydroxyl groups is 1. The topological polar surface area (TPSA) is 33.4 Å². The van der Waals surface area contributed by atoms with Gasteiger partial charge < -0.3 is 9.52 Å². The van der Waals surface area contributed by atoms with E-state index in [-0.39, 0.29) is 6.61 Å². The molecule has 0 aliphatic rings. The lowest BCUT2D eigenvalue weighted by atomic mass is 10.1. The van der Waals surface area contributed by atoms with Gasteiger partial charge >= 0.3 is 0 Å². The molecule has 0 aliphatic heterocycles. The summed E-state index contributed by atoms with van der Waals surface area (Å²) >= 11 is 6.09. The lowest BCUT2D eigenvalue weighted by Gasteiger charge is -2.01. The van der Waals surface area contributed by atoms with Crippen molar-refractivity contribution in [2.75, 3.05) is 0 Å². The van der Waals surface area contributed by atoms with Crippen LogP contribution < -0.4 is 0 Å². The Bertz CT molecular complexity index is 474. The molecule has 1 aromatic carbocycles. The van der Waals surface area contributed by atoms with Crippen molar-refractivity contribution in [2.45, 2.75) is 13.5 Å². The zero-order valence-electron chi connectivity index (χ0n) is 8.33. The van der Waals surface area contributed by atoms with Gasteiger partial charge in [0.25, 0.3) is 0 Å². The van der Waals surface area contributed by atoms with Crippen LogP contribution in [0, 0.1) is 6.92 Å². The number of aryl methyl sites for hydroxylation is 1. The Morgan fingerprint density at radius 1 is 1.27 bits per heavy atom. The molecule has 0 unspecified atom stereocenters. The van der Waals surface area contributed by atoms with Crippen molar-refractivity contribution in [3.05, 3.63) is 46.7 Å². The summed E-state index contributed by atoms with van der Waals surface area (Å²) < 4.78 is 5.41. The highest BCUT2D eigenvalue weighted by molar-refractivity contribution is 6.33.